The smallest absolute Gasteiger partial charge is 0.258 e. The van der Waals surface area contributed by atoms with Crippen molar-refractivity contribution >= 4 is 55.5 Å². The molecule has 2 heterocycles. The predicted octanol–water partition coefficient (Wildman–Crippen LogP) is 3.04. The number of carbonyl (C=O) groups is 2. The molecule has 10 nitrogen and oxygen atoms in total. The van der Waals surface area contributed by atoms with Gasteiger partial charge in [-0.15, -0.1) is 16.4 Å². The summed E-state index contributed by atoms with van der Waals surface area (Å²) in [4.78, 5) is 28.6. The molecule has 0 spiro atoms. The Morgan fingerprint density at radius 2 is 1.62 bits per heavy atom. The molecule has 0 bridgehead atoms. The summed E-state index contributed by atoms with van der Waals surface area (Å²) in [6.07, 6.45) is 1.05. The highest BCUT2D eigenvalue weighted by Crippen LogP contribution is 2.27. The van der Waals surface area contributed by atoms with E-state index in [1.54, 1.807) is 16.6 Å². The van der Waals surface area contributed by atoms with E-state index in [0.29, 0.717) is 21.9 Å². The van der Waals surface area contributed by atoms with Crippen LogP contribution >= 0.6 is 11.3 Å². The normalized spacial score (nSPS) is 11.3. The number of hydrogen-bond donors (Lipinski definition) is 3. The second-order valence-electron chi connectivity index (χ2n) is 6.91. The lowest BCUT2D eigenvalue weighted by molar-refractivity contribution is -0.114. The van der Waals surface area contributed by atoms with Crippen molar-refractivity contribution in [1.82, 2.24) is 14.6 Å². The first-order valence-electron chi connectivity index (χ1n) is 9.29. The van der Waals surface area contributed by atoms with Gasteiger partial charge < -0.3 is 5.32 Å². The summed E-state index contributed by atoms with van der Waals surface area (Å²) in [6, 6.07) is 13.3. The zero-order valence-corrected chi connectivity index (χ0v) is 18.6. The van der Waals surface area contributed by atoms with E-state index in [9.17, 15) is 18.0 Å². The third-order valence-electron chi connectivity index (χ3n) is 4.26. The highest BCUT2D eigenvalue weighted by molar-refractivity contribution is 7.92. The van der Waals surface area contributed by atoms with Gasteiger partial charge in [-0.1, -0.05) is 12.1 Å². The van der Waals surface area contributed by atoms with E-state index in [2.05, 4.69) is 25.4 Å². The number of nitrogens with zero attached hydrogens (tertiary/aromatic N) is 3. The topological polar surface area (TPSA) is 135 Å². The van der Waals surface area contributed by atoms with E-state index in [1.807, 2.05) is 17.5 Å². The second kappa shape index (κ2) is 8.40. The molecule has 0 unspecified atom stereocenters. The molecule has 0 saturated carbocycles. The van der Waals surface area contributed by atoms with Crippen LogP contribution < -0.4 is 15.4 Å². The number of nitrogens with one attached hydrogen (secondary N) is 3. The van der Waals surface area contributed by atoms with E-state index >= 15 is 0 Å². The van der Waals surface area contributed by atoms with Gasteiger partial charge in [0.05, 0.1) is 11.9 Å². The fourth-order valence-corrected chi connectivity index (χ4v) is 4.33. The Hall–Kier alpha value is -3.77. The van der Waals surface area contributed by atoms with Crippen LogP contribution in [0.1, 0.15) is 17.3 Å². The molecule has 2 aromatic carbocycles. The maximum absolute atomic E-state index is 12.5. The largest absolute Gasteiger partial charge is 0.326 e. The van der Waals surface area contributed by atoms with Crippen LogP contribution in [-0.4, -0.2) is 41.1 Å². The van der Waals surface area contributed by atoms with Gasteiger partial charge in [0, 0.05) is 34.8 Å². The average molecular weight is 471 g/mol. The minimum atomic E-state index is -3.39. The van der Waals surface area contributed by atoms with Gasteiger partial charge in [-0.25, -0.2) is 12.9 Å². The van der Waals surface area contributed by atoms with Crippen molar-refractivity contribution < 1.29 is 18.0 Å². The number of anilines is 3. The van der Waals surface area contributed by atoms with E-state index in [1.165, 1.54) is 42.5 Å². The third kappa shape index (κ3) is 4.92. The van der Waals surface area contributed by atoms with Crippen molar-refractivity contribution in [2.45, 2.75) is 6.92 Å². The maximum Gasteiger partial charge on any atom is 0.258 e. The van der Waals surface area contributed by atoms with Crippen LogP contribution in [0.15, 0.2) is 53.9 Å². The number of carbonyl (C=O) groups excluding carboxylic acids is 2. The Kier molecular flexibility index (Phi) is 5.63. The summed E-state index contributed by atoms with van der Waals surface area (Å²) in [5, 5.41) is 11.6. The third-order valence-corrected chi connectivity index (χ3v) is 5.68. The van der Waals surface area contributed by atoms with E-state index in [-0.39, 0.29) is 11.9 Å². The molecular weight excluding hydrogens is 452 g/mol. The summed E-state index contributed by atoms with van der Waals surface area (Å²) < 4.78 is 26.5. The van der Waals surface area contributed by atoms with Gasteiger partial charge in [0.25, 0.3) is 11.9 Å². The average Bonchev–Trinajstić information content (AvgIpc) is 3.27. The molecule has 32 heavy (non-hydrogen) atoms. The fourth-order valence-electron chi connectivity index (χ4n) is 2.94. The van der Waals surface area contributed by atoms with Gasteiger partial charge in [-0.2, -0.15) is 4.98 Å². The summed E-state index contributed by atoms with van der Waals surface area (Å²) >= 11 is 1.38. The molecule has 0 atom stereocenters. The number of rotatable bonds is 6. The first kappa shape index (κ1) is 21.5. The Labute approximate surface area is 187 Å². The Balaban J connectivity index is 1.51. The highest BCUT2D eigenvalue weighted by atomic mass is 32.2. The van der Waals surface area contributed by atoms with E-state index in [0.717, 1.165) is 17.5 Å². The molecule has 4 aromatic rings. The summed E-state index contributed by atoms with van der Waals surface area (Å²) in [5.41, 5.74) is 3.05. The van der Waals surface area contributed by atoms with Crippen molar-refractivity contribution in [1.29, 1.82) is 0 Å². The molecule has 12 heteroatoms. The summed E-state index contributed by atoms with van der Waals surface area (Å²) in [7, 11) is -3.39. The van der Waals surface area contributed by atoms with Crippen LogP contribution in [0.5, 0.6) is 0 Å². The number of amides is 2. The highest BCUT2D eigenvalue weighted by Gasteiger charge is 2.15. The van der Waals surface area contributed by atoms with Crippen molar-refractivity contribution in [3.05, 3.63) is 59.5 Å². The molecule has 2 amide bonds. The van der Waals surface area contributed by atoms with Gasteiger partial charge in [-0.3, -0.25) is 19.6 Å². The van der Waals surface area contributed by atoms with Gasteiger partial charge in [-0.05, 0) is 36.4 Å². The van der Waals surface area contributed by atoms with Crippen LogP contribution in [0.2, 0.25) is 0 Å². The van der Waals surface area contributed by atoms with E-state index < -0.39 is 15.9 Å². The van der Waals surface area contributed by atoms with Crippen molar-refractivity contribution in [3.63, 3.8) is 0 Å². The Bertz CT molecular complexity index is 1410. The number of fused-ring (bicyclic) bond motifs is 1. The monoisotopic (exact) mass is 470 g/mol. The lowest BCUT2D eigenvalue weighted by Gasteiger charge is -2.05. The lowest BCUT2D eigenvalue weighted by Crippen LogP contribution is -2.14. The molecule has 0 aliphatic rings. The Morgan fingerprint density at radius 3 is 2.25 bits per heavy atom. The standard InChI is InChI=1S/C20H18N6O4S2/c1-12(27)21-15-7-3-13(4-8-15)17-11-31-20-23-19(24-26(17)20)22-18(28)14-5-9-16(10-6-14)25-32(2,29)30/h3-11,25H,1-2H3,(H,21,27)(H,22,24,28). The molecule has 0 fully saturated rings. The molecule has 3 N–H and O–H groups in total. The molecule has 0 aliphatic carbocycles. The van der Waals surface area contributed by atoms with Crippen molar-refractivity contribution in [2.75, 3.05) is 21.6 Å². The molecule has 0 radical (unpaired) electrons. The minimum absolute atomic E-state index is 0.145. The van der Waals surface area contributed by atoms with Crippen LogP contribution in [0, 0.1) is 0 Å². The quantitative estimate of drug-likeness (QED) is 0.396. The van der Waals surface area contributed by atoms with Crippen LogP contribution in [0.25, 0.3) is 16.2 Å². The first-order valence-corrected chi connectivity index (χ1v) is 12.1. The van der Waals surface area contributed by atoms with Gasteiger partial charge in [0.1, 0.15) is 0 Å². The van der Waals surface area contributed by atoms with Crippen molar-refractivity contribution in [2.24, 2.45) is 0 Å². The van der Waals surface area contributed by atoms with Crippen LogP contribution in [-0.2, 0) is 14.8 Å². The molecule has 0 saturated heterocycles. The van der Waals surface area contributed by atoms with Crippen molar-refractivity contribution in [3.8, 4) is 11.3 Å². The molecule has 4 rings (SSSR count). The number of aromatic nitrogens is 3. The van der Waals surface area contributed by atoms with Gasteiger partial charge in [0.2, 0.25) is 20.9 Å². The SMILES string of the molecule is CC(=O)Nc1ccc(-c2csc3nc(NC(=O)c4ccc(NS(C)(=O)=O)cc4)nn23)cc1. The molecule has 164 valence electrons. The number of thiazole rings is 1. The Morgan fingerprint density at radius 1 is 0.969 bits per heavy atom. The number of benzene rings is 2. The van der Waals surface area contributed by atoms with Gasteiger partial charge >= 0.3 is 0 Å². The fraction of sp³-hybridized carbons (Fsp3) is 0.100. The zero-order chi connectivity index (χ0) is 22.9. The summed E-state index contributed by atoms with van der Waals surface area (Å²) in [5.74, 6) is -0.416. The van der Waals surface area contributed by atoms with E-state index in [4.69, 9.17) is 0 Å². The molecule has 2 aromatic heterocycles. The lowest BCUT2D eigenvalue weighted by atomic mass is 10.1. The molecular formula is C20H18N6O4S2. The predicted molar refractivity (Wildman–Crippen MR) is 123 cm³/mol. The number of sulfonamides is 1. The second-order valence-corrected chi connectivity index (χ2v) is 9.50. The molecule has 0 aliphatic heterocycles. The maximum atomic E-state index is 12.5. The zero-order valence-electron chi connectivity index (χ0n) is 17.0. The first-order chi connectivity index (χ1) is 15.2. The minimum Gasteiger partial charge on any atom is -0.326 e. The van der Waals surface area contributed by atoms with Gasteiger partial charge in [0.15, 0.2) is 0 Å². The van der Waals surface area contributed by atoms with Crippen LogP contribution in [0.4, 0.5) is 17.3 Å². The summed E-state index contributed by atoms with van der Waals surface area (Å²) in [6.45, 7) is 1.45. The number of hydrogen-bond acceptors (Lipinski definition) is 7. The van der Waals surface area contributed by atoms with Crippen LogP contribution in [0.3, 0.4) is 0 Å².